The number of nitrogens with one attached hydrogen (secondary N) is 1. The molecule has 146 valence electrons. The first kappa shape index (κ1) is 20.9. The van der Waals surface area contributed by atoms with E-state index in [1.54, 1.807) is 0 Å². The average molecular weight is 361 g/mol. The van der Waals surface area contributed by atoms with Crippen molar-refractivity contribution in [2.45, 2.75) is 37.8 Å². The zero-order chi connectivity index (χ0) is 18.9. The van der Waals surface area contributed by atoms with Crippen LogP contribution in [-0.4, -0.2) is 81.0 Å². The lowest BCUT2D eigenvalue weighted by atomic mass is 10.00. The normalized spacial score (nSPS) is 19.7. The van der Waals surface area contributed by atoms with Crippen LogP contribution in [0.4, 0.5) is 0 Å². The van der Waals surface area contributed by atoms with Crippen molar-refractivity contribution in [3.8, 4) is 0 Å². The van der Waals surface area contributed by atoms with Crippen molar-refractivity contribution in [1.29, 1.82) is 0 Å². The Morgan fingerprint density at radius 1 is 1.23 bits per heavy atom. The highest BCUT2D eigenvalue weighted by atomic mass is 16.2. The Bertz CT molecular complexity index is 534. The van der Waals surface area contributed by atoms with Crippen LogP contribution in [0.2, 0.25) is 0 Å². The van der Waals surface area contributed by atoms with Gasteiger partial charge < -0.3 is 15.1 Å². The van der Waals surface area contributed by atoms with E-state index in [2.05, 4.69) is 53.3 Å². The number of benzene rings is 1. The fraction of sp³-hybridized carbons (Fsp3) is 0.667. The summed E-state index contributed by atoms with van der Waals surface area (Å²) >= 11 is 0. The highest BCUT2D eigenvalue weighted by molar-refractivity contribution is 5.78. The Kier molecular flexibility index (Phi) is 8.55. The lowest BCUT2D eigenvalue weighted by molar-refractivity contribution is -0.122. The monoisotopic (exact) mass is 360 g/mol. The number of likely N-dealkylation sites (N-methyl/N-ethyl adjacent to an activating group) is 2. The van der Waals surface area contributed by atoms with E-state index in [-0.39, 0.29) is 11.9 Å². The molecule has 0 bridgehead atoms. The first-order chi connectivity index (χ1) is 12.5. The van der Waals surface area contributed by atoms with Gasteiger partial charge in [0.25, 0.3) is 0 Å². The maximum absolute atomic E-state index is 12.3. The lowest BCUT2D eigenvalue weighted by Crippen LogP contribution is -2.42. The van der Waals surface area contributed by atoms with Crippen molar-refractivity contribution in [3.63, 3.8) is 0 Å². The molecule has 1 saturated heterocycles. The maximum Gasteiger partial charge on any atom is 0.234 e. The maximum atomic E-state index is 12.3. The van der Waals surface area contributed by atoms with Crippen LogP contribution in [0.5, 0.6) is 0 Å². The van der Waals surface area contributed by atoms with Gasteiger partial charge in [0.1, 0.15) is 0 Å². The van der Waals surface area contributed by atoms with Gasteiger partial charge >= 0.3 is 0 Å². The average Bonchev–Trinajstić information content (AvgIpc) is 2.62. The number of nitrogens with zero attached hydrogens (tertiary/aromatic N) is 3. The molecule has 1 aromatic rings. The largest absolute Gasteiger partial charge is 0.353 e. The molecule has 5 heteroatoms. The van der Waals surface area contributed by atoms with E-state index in [1.807, 2.05) is 25.2 Å². The number of carbonyl (C=O) groups excluding carboxylic acids is 1. The molecule has 5 nitrogen and oxygen atoms in total. The van der Waals surface area contributed by atoms with Crippen LogP contribution in [0.1, 0.15) is 37.3 Å². The number of rotatable bonds is 9. The van der Waals surface area contributed by atoms with Gasteiger partial charge in [0.15, 0.2) is 0 Å². The Morgan fingerprint density at radius 2 is 1.96 bits per heavy atom. The van der Waals surface area contributed by atoms with Crippen LogP contribution >= 0.6 is 0 Å². The number of hydrogen-bond donors (Lipinski definition) is 1. The fourth-order valence-electron chi connectivity index (χ4n) is 3.74. The molecule has 0 aliphatic carbocycles. The van der Waals surface area contributed by atoms with Crippen molar-refractivity contribution in [3.05, 3.63) is 35.9 Å². The van der Waals surface area contributed by atoms with Crippen molar-refractivity contribution in [2.24, 2.45) is 0 Å². The topological polar surface area (TPSA) is 38.8 Å². The predicted octanol–water partition coefficient (Wildman–Crippen LogP) is 2.21. The summed E-state index contributed by atoms with van der Waals surface area (Å²) in [4.78, 5) is 19.1. The Balaban J connectivity index is 1.73. The van der Waals surface area contributed by atoms with Crippen LogP contribution in [0.3, 0.4) is 0 Å². The number of likely N-dealkylation sites (tertiary alicyclic amines) is 1. The minimum Gasteiger partial charge on any atom is -0.353 e. The Hall–Kier alpha value is -1.43. The van der Waals surface area contributed by atoms with Gasteiger partial charge in [-0.05, 0) is 66.1 Å². The molecule has 2 rings (SSSR count). The summed E-state index contributed by atoms with van der Waals surface area (Å²) in [6.45, 7) is 3.28. The van der Waals surface area contributed by atoms with Gasteiger partial charge in [0, 0.05) is 12.6 Å². The van der Waals surface area contributed by atoms with Crippen LogP contribution in [0.15, 0.2) is 30.3 Å². The van der Waals surface area contributed by atoms with Crippen molar-refractivity contribution < 1.29 is 4.79 Å². The van der Waals surface area contributed by atoms with Crippen LogP contribution < -0.4 is 5.32 Å². The van der Waals surface area contributed by atoms with Crippen molar-refractivity contribution >= 4 is 5.91 Å². The number of amides is 1. The van der Waals surface area contributed by atoms with Crippen LogP contribution in [-0.2, 0) is 4.79 Å². The minimum atomic E-state index is 0.104. The molecule has 1 fully saturated rings. The van der Waals surface area contributed by atoms with E-state index in [0.717, 1.165) is 13.0 Å². The molecule has 1 amide bonds. The highest BCUT2D eigenvalue weighted by Gasteiger charge is 2.20. The second kappa shape index (κ2) is 10.7. The standard InChI is InChI=1S/C21H36N4O/c1-23(2)20(18-10-6-5-7-11-18)16-22-21(26)17-24(3)15-13-19-12-8-9-14-25(19)4/h5-7,10-11,19-20H,8-9,12-17H2,1-4H3,(H,22,26)/t19-,20-/m1/s1. The van der Waals surface area contributed by atoms with Crippen molar-refractivity contribution in [2.75, 3.05) is 54.4 Å². The molecule has 26 heavy (non-hydrogen) atoms. The zero-order valence-corrected chi connectivity index (χ0v) is 16.9. The molecule has 1 aliphatic rings. The molecule has 0 unspecified atom stereocenters. The summed E-state index contributed by atoms with van der Waals surface area (Å²) in [7, 11) is 8.37. The quantitative estimate of drug-likeness (QED) is 0.733. The molecule has 0 saturated carbocycles. The Labute approximate surface area is 159 Å². The zero-order valence-electron chi connectivity index (χ0n) is 16.9. The summed E-state index contributed by atoms with van der Waals surface area (Å²) in [5.74, 6) is 0.104. The molecule has 0 aromatic heterocycles. The van der Waals surface area contributed by atoms with Gasteiger partial charge in [-0.2, -0.15) is 0 Å². The van der Waals surface area contributed by atoms with Crippen molar-refractivity contribution in [1.82, 2.24) is 20.0 Å². The van der Waals surface area contributed by atoms with E-state index in [0.29, 0.717) is 19.1 Å². The highest BCUT2D eigenvalue weighted by Crippen LogP contribution is 2.18. The SMILES string of the molecule is CN(CC[C@H]1CCCCN1C)CC(=O)NC[C@H](c1ccccc1)N(C)C. The fourth-order valence-corrected chi connectivity index (χ4v) is 3.74. The summed E-state index contributed by atoms with van der Waals surface area (Å²) in [5.41, 5.74) is 1.23. The number of piperidine rings is 1. The van der Waals surface area contributed by atoms with E-state index >= 15 is 0 Å². The van der Waals surface area contributed by atoms with E-state index in [1.165, 1.54) is 31.4 Å². The molecule has 0 radical (unpaired) electrons. The van der Waals surface area contributed by atoms with Gasteiger partial charge in [-0.25, -0.2) is 0 Å². The third-order valence-corrected chi connectivity index (χ3v) is 5.48. The number of carbonyl (C=O) groups is 1. The molecule has 2 atom stereocenters. The van der Waals surface area contributed by atoms with Crippen LogP contribution in [0.25, 0.3) is 0 Å². The minimum absolute atomic E-state index is 0.104. The number of hydrogen-bond acceptors (Lipinski definition) is 4. The summed E-state index contributed by atoms with van der Waals surface area (Å²) in [5, 5.41) is 3.11. The molecular weight excluding hydrogens is 324 g/mol. The third kappa shape index (κ3) is 6.71. The van der Waals surface area contributed by atoms with Crippen LogP contribution in [0, 0.1) is 0 Å². The van der Waals surface area contributed by atoms with E-state index in [4.69, 9.17) is 0 Å². The van der Waals surface area contributed by atoms with Gasteiger partial charge in [-0.1, -0.05) is 36.8 Å². The van der Waals surface area contributed by atoms with Gasteiger partial charge in [0.2, 0.25) is 5.91 Å². The molecule has 1 aromatic carbocycles. The first-order valence-electron chi connectivity index (χ1n) is 9.84. The molecule has 1 aliphatic heterocycles. The summed E-state index contributed by atoms with van der Waals surface area (Å²) < 4.78 is 0. The van der Waals surface area contributed by atoms with E-state index in [9.17, 15) is 4.79 Å². The van der Waals surface area contributed by atoms with Gasteiger partial charge in [0.05, 0.1) is 12.6 Å². The second-order valence-electron chi connectivity index (χ2n) is 7.85. The van der Waals surface area contributed by atoms with Gasteiger partial charge in [-0.3, -0.25) is 9.69 Å². The smallest absolute Gasteiger partial charge is 0.234 e. The third-order valence-electron chi connectivity index (χ3n) is 5.48. The summed E-state index contributed by atoms with van der Waals surface area (Å²) in [6.07, 6.45) is 5.09. The lowest BCUT2D eigenvalue weighted by Gasteiger charge is -2.33. The van der Waals surface area contributed by atoms with E-state index < -0.39 is 0 Å². The molecular formula is C21H36N4O. The second-order valence-corrected chi connectivity index (χ2v) is 7.85. The predicted molar refractivity (Wildman–Crippen MR) is 108 cm³/mol. The molecule has 1 heterocycles. The first-order valence-corrected chi connectivity index (χ1v) is 9.84. The molecule has 0 spiro atoms. The molecule has 1 N–H and O–H groups in total. The Morgan fingerprint density at radius 3 is 2.62 bits per heavy atom. The van der Waals surface area contributed by atoms with Gasteiger partial charge in [-0.15, -0.1) is 0 Å². The summed E-state index contributed by atoms with van der Waals surface area (Å²) in [6, 6.07) is 11.2.